The molecule has 0 aliphatic carbocycles. The summed E-state index contributed by atoms with van der Waals surface area (Å²) in [7, 11) is 0. The maximum absolute atomic E-state index is 10.1. The first kappa shape index (κ1) is 19.4. The van der Waals surface area contributed by atoms with Gasteiger partial charge >= 0.3 is 0 Å². The molecular weight excluding hydrogens is 352 g/mol. The number of likely N-dealkylation sites (tertiary alicyclic amines) is 1. The van der Waals surface area contributed by atoms with Crippen molar-refractivity contribution in [2.75, 3.05) is 32.8 Å². The molecule has 1 aliphatic rings. The number of benzene rings is 1. The topological polar surface area (TPSA) is 57.9 Å². The van der Waals surface area contributed by atoms with Crippen LogP contribution in [0.15, 0.2) is 47.1 Å². The minimum atomic E-state index is -0.562. The highest BCUT2D eigenvalue weighted by Crippen LogP contribution is 2.24. The Morgan fingerprint density at radius 2 is 1.96 bits per heavy atom. The molecule has 1 aromatic heterocycles. The average molecular weight is 379 g/mol. The minimum Gasteiger partial charge on any atom is -0.468 e. The van der Waals surface area contributed by atoms with Crippen molar-refractivity contribution in [3.05, 3.63) is 59.0 Å². The van der Waals surface area contributed by atoms with Crippen molar-refractivity contribution in [2.45, 2.75) is 31.6 Å². The third-order valence-electron chi connectivity index (χ3n) is 4.70. The lowest BCUT2D eigenvalue weighted by atomic mass is 10.2. The van der Waals surface area contributed by atoms with Crippen molar-refractivity contribution in [2.24, 2.45) is 0 Å². The Morgan fingerprint density at radius 1 is 1.15 bits per heavy atom. The number of hydrogen-bond donors (Lipinski definition) is 2. The fourth-order valence-corrected chi connectivity index (χ4v) is 3.50. The van der Waals surface area contributed by atoms with Crippen LogP contribution >= 0.6 is 11.6 Å². The van der Waals surface area contributed by atoms with Gasteiger partial charge in [0.2, 0.25) is 0 Å². The number of furan rings is 1. The van der Waals surface area contributed by atoms with Crippen LogP contribution in [0.2, 0.25) is 5.02 Å². The molecule has 6 heteroatoms. The predicted octanol–water partition coefficient (Wildman–Crippen LogP) is 3.24. The van der Waals surface area contributed by atoms with E-state index in [-0.39, 0.29) is 12.6 Å². The summed E-state index contributed by atoms with van der Waals surface area (Å²) in [6.45, 7) is 4.09. The van der Waals surface area contributed by atoms with Crippen molar-refractivity contribution >= 4 is 11.6 Å². The SMILES string of the molecule is O[C@@H](CNC[C@@H](c1ccco1)N1CCCC1)COCc1ccccc1Cl. The second-order valence-electron chi connectivity index (χ2n) is 6.69. The van der Waals surface area contributed by atoms with Crippen LogP contribution in [0.25, 0.3) is 0 Å². The summed E-state index contributed by atoms with van der Waals surface area (Å²) in [6.07, 6.45) is 3.62. The first-order chi connectivity index (χ1) is 12.7. The number of aliphatic hydroxyl groups is 1. The summed E-state index contributed by atoms with van der Waals surface area (Å²) in [6, 6.07) is 11.7. The second kappa shape index (κ2) is 10.1. The van der Waals surface area contributed by atoms with E-state index in [1.807, 2.05) is 36.4 Å². The molecule has 0 radical (unpaired) electrons. The van der Waals surface area contributed by atoms with Crippen molar-refractivity contribution < 1.29 is 14.3 Å². The fraction of sp³-hybridized carbons (Fsp3) is 0.500. The summed E-state index contributed by atoms with van der Waals surface area (Å²) < 4.78 is 11.2. The van der Waals surface area contributed by atoms with Crippen LogP contribution in [0.4, 0.5) is 0 Å². The molecule has 2 N–H and O–H groups in total. The van der Waals surface area contributed by atoms with Gasteiger partial charge < -0.3 is 19.6 Å². The quantitative estimate of drug-likeness (QED) is 0.664. The third-order valence-corrected chi connectivity index (χ3v) is 5.07. The lowest BCUT2D eigenvalue weighted by molar-refractivity contribution is 0.0279. The van der Waals surface area contributed by atoms with Crippen LogP contribution in [0.5, 0.6) is 0 Å². The van der Waals surface area contributed by atoms with E-state index in [1.165, 1.54) is 12.8 Å². The third kappa shape index (κ3) is 5.56. The first-order valence-electron chi connectivity index (χ1n) is 9.21. The zero-order valence-electron chi connectivity index (χ0n) is 14.9. The van der Waals surface area contributed by atoms with E-state index in [2.05, 4.69) is 10.2 Å². The van der Waals surface area contributed by atoms with E-state index in [0.29, 0.717) is 18.2 Å². The molecule has 0 bridgehead atoms. The highest BCUT2D eigenvalue weighted by molar-refractivity contribution is 6.31. The highest BCUT2D eigenvalue weighted by Gasteiger charge is 2.25. The van der Waals surface area contributed by atoms with E-state index in [1.54, 1.807) is 6.26 Å². The zero-order valence-corrected chi connectivity index (χ0v) is 15.7. The lowest BCUT2D eigenvalue weighted by Crippen LogP contribution is -2.38. The molecule has 142 valence electrons. The van der Waals surface area contributed by atoms with Gasteiger partial charge in [-0.2, -0.15) is 0 Å². The number of nitrogens with one attached hydrogen (secondary N) is 1. The van der Waals surface area contributed by atoms with E-state index in [4.69, 9.17) is 20.8 Å². The van der Waals surface area contributed by atoms with Crippen LogP contribution in [0.3, 0.4) is 0 Å². The van der Waals surface area contributed by atoms with E-state index in [9.17, 15) is 5.11 Å². The zero-order chi connectivity index (χ0) is 18.2. The van der Waals surface area contributed by atoms with Crippen molar-refractivity contribution in [3.63, 3.8) is 0 Å². The largest absolute Gasteiger partial charge is 0.468 e. The molecule has 0 saturated carbocycles. The summed E-state index contributed by atoms with van der Waals surface area (Å²) in [4.78, 5) is 2.44. The summed E-state index contributed by atoms with van der Waals surface area (Å²) in [5, 5.41) is 14.2. The first-order valence-corrected chi connectivity index (χ1v) is 9.59. The monoisotopic (exact) mass is 378 g/mol. The Kier molecular flexibility index (Phi) is 7.53. The van der Waals surface area contributed by atoms with Gasteiger partial charge in [0.25, 0.3) is 0 Å². The molecule has 3 rings (SSSR count). The van der Waals surface area contributed by atoms with Crippen molar-refractivity contribution in [1.82, 2.24) is 10.2 Å². The van der Waals surface area contributed by atoms with Gasteiger partial charge in [-0.05, 0) is 49.7 Å². The summed E-state index contributed by atoms with van der Waals surface area (Å²) >= 11 is 6.10. The Labute approximate surface area is 159 Å². The molecular formula is C20H27ClN2O3. The van der Waals surface area contributed by atoms with Crippen LogP contribution < -0.4 is 5.32 Å². The number of hydrogen-bond acceptors (Lipinski definition) is 5. The number of halogens is 1. The molecule has 1 aliphatic heterocycles. The summed E-state index contributed by atoms with van der Waals surface area (Å²) in [5.41, 5.74) is 0.932. The number of rotatable bonds is 10. The Hall–Kier alpha value is -1.37. The Balaban J connectivity index is 1.39. The van der Waals surface area contributed by atoms with E-state index < -0.39 is 6.10 Å². The van der Waals surface area contributed by atoms with Crippen molar-refractivity contribution in [1.29, 1.82) is 0 Å². The minimum absolute atomic E-state index is 0.212. The van der Waals surface area contributed by atoms with Gasteiger partial charge in [-0.25, -0.2) is 0 Å². The van der Waals surface area contributed by atoms with Crippen LogP contribution in [-0.2, 0) is 11.3 Å². The molecule has 1 aromatic carbocycles. The van der Waals surface area contributed by atoms with Gasteiger partial charge in [-0.1, -0.05) is 29.8 Å². The molecule has 0 unspecified atom stereocenters. The van der Waals surface area contributed by atoms with Gasteiger partial charge in [0.05, 0.1) is 31.6 Å². The maximum atomic E-state index is 10.1. The smallest absolute Gasteiger partial charge is 0.122 e. The molecule has 1 saturated heterocycles. The fourth-order valence-electron chi connectivity index (χ4n) is 3.31. The Bertz CT molecular complexity index is 644. The van der Waals surface area contributed by atoms with Crippen LogP contribution in [0, 0.1) is 0 Å². The summed E-state index contributed by atoms with van der Waals surface area (Å²) in [5.74, 6) is 0.976. The average Bonchev–Trinajstić information content (AvgIpc) is 3.34. The second-order valence-corrected chi connectivity index (χ2v) is 7.10. The number of ether oxygens (including phenoxy) is 1. The van der Waals surface area contributed by atoms with Gasteiger partial charge in [0, 0.05) is 18.1 Å². The molecule has 5 nitrogen and oxygen atoms in total. The van der Waals surface area contributed by atoms with Gasteiger partial charge in [-0.15, -0.1) is 0 Å². The molecule has 2 heterocycles. The van der Waals surface area contributed by atoms with Gasteiger partial charge in [0.1, 0.15) is 5.76 Å². The molecule has 2 aromatic rings. The molecule has 1 fully saturated rings. The molecule has 2 atom stereocenters. The maximum Gasteiger partial charge on any atom is 0.122 e. The standard InChI is InChI=1S/C20H27ClN2O3/c21-18-7-2-1-6-16(18)14-25-15-17(24)12-22-13-19(20-8-5-11-26-20)23-9-3-4-10-23/h1-2,5-8,11,17,19,22,24H,3-4,9-10,12-15H2/t17-,19-/m0/s1. The normalized spacial score (nSPS) is 17.5. The van der Waals surface area contributed by atoms with Crippen LogP contribution in [0.1, 0.15) is 30.2 Å². The van der Waals surface area contributed by atoms with Crippen molar-refractivity contribution in [3.8, 4) is 0 Å². The molecule has 26 heavy (non-hydrogen) atoms. The number of nitrogens with zero attached hydrogens (tertiary/aromatic N) is 1. The highest BCUT2D eigenvalue weighted by atomic mass is 35.5. The lowest BCUT2D eigenvalue weighted by Gasteiger charge is -2.26. The van der Waals surface area contributed by atoms with Crippen LogP contribution in [-0.4, -0.2) is 48.9 Å². The van der Waals surface area contributed by atoms with Gasteiger partial charge in [0.15, 0.2) is 0 Å². The number of aliphatic hydroxyl groups excluding tert-OH is 1. The Morgan fingerprint density at radius 3 is 2.69 bits per heavy atom. The predicted molar refractivity (Wildman–Crippen MR) is 102 cm³/mol. The molecule has 0 spiro atoms. The van der Waals surface area contributed by atoms with Gasteiger partial charge in [-0.3, -0.25) is 4.90 Å². The molecule has 0 amide bonds. The van der Waals surface area contributed by atoms with E-state index >= 15 is 0 Å². The van der Waals surface area contributed by atoms with E-state index in [0.717, 1.165) is 31.0 Å².